The number of likely N-dealkylation sites (N-methyl/N-ethyl adjacent to an activating group) is 1. The largest absolute Gasteiger partial charge is 1.00 e. The first kappa shape index (κ1) is 13.3. The summed E-state index contributed by atoms with van der Waals surface area (Å²) in [5.41, 5.74) is 5.00. The Labute approximate surface area is 88.1 Å². The van der Waals surface area contributed by atoms with Crippen molar-refractivity contribution in [1.82, 2.24) is 4.90 Å². The Bertz CT molecular complexity index is 156. The van der Waals surface area contributed by atoms with Crippen molar-refractivity contribution >= 4 is 11.9 Å². The van der Waals surface area contributed by atoms with E-state index in [4.69, 9.17) is 11.1 Å². The van der Waals surface area contributed by atoms with Crippen molar-refractivity contribution in [3.8, 4) is 0 Å². The summed E-state index contributed by atoms with van der Waals surface area (Å²) in [6.07, 6.45) is 0. The van der Waals surface area contributed by atoms with E-state index in [9.17, 15) is 4.79 Å². The number of carbonyl (C=O) groups is 1. The molecular formula is C4H11N4NaO2. The van der Waals surface area contributed by atoms with Crippen molar-refractivity contribution < 1.29 is 40.6 Å². The Balaban J connectivity index is -0.000000405. The molecule has 11 heavy (non-hydrogen) atoms. The van der Waals surface area contributed by atoms with Gasteiger partial charge in [-0.1, -0.05) is 0 Å². The third-order valence-corrected chi connectivity index (χ3v) is 0.909. The van der Waals surface area contributed by atoms with Crippen LogP contribution in [0.4, 0.5) is 0 Å². The van der Waals surface area contributed by atoms with Crippen LogP contribution in [0.5, 0.6) is 0 Å². The topological polar surface area (TPSA) is 105 Å². The Morgan fingerprint density at radius 2 is 2.27 bits per heavy atom. The van der Waals surface area contributed by atoms with Crippen molar-refractivity contribution in [3.63, 3.8) is 0 Å². The van der Waals surface area contributed by atoms with E-state index in [-0.39, 0.29) is 43.5 Å². The smallest absolute Gasteiger partial charge is 1.00 e. The Morgan fingerprint density at radius 3 is 2.55 bits per heavy atom. The first-order valence-electron chi connectivity index (χ1n) is 2.52. The van der Waals surface area contributed by atoms with Gasteiger partial charge in [0.05, 0.1) is 0 Å². The number of hydrogen-bond donors (Lipinski definition) is 3. The monoisotopic (exact) mass is 170 g/mol. The van der Waals surface area contributed by atoms with Crippen LogP contribution >= 0.6 is 0 Å². The molecule has 0 spiro atoms. The van der Waals surface area contributed by atoms with E-state index < -0.39 is 5.97 Å². The number of guanidine groups is 1. The number of nitrogens with two attached hydrogens (primary N) is 2. The SMILES string of the molecule is CN(CC(=O)ON)C(=N)N.[H-].[Na+]. The fraction of sp³-hybridized carbons (Fsp3) is 0.500. The molecule has 0 fully saturated rings. The first-order valence-corrected chi connectivity index (χ1v) is 2.52. The number of carbonyl (C=O) groups excluding carboxylic acids is 1. The fourth-order valence-corrected chi connectivity index (χ4v) is 0.316. The molecule has 0 amide bonds. The van der Waals surface area contributed by atoms with Crippen molar-refractivity contribution in [2.75, 3.05) is 13.6 Å². The number of hydrogen-bond acceptors (Lipinski definition) is 4. The summed E-state index contributed by atoms with van der Waals surface area (Å²) in [6.45, 7) is -0.105. The van der Waals surface area contributed by atoms with Gasteiger partial charge in [0.15, 0.2) is 5.96 Å². The van der Waals surface area contributed by atoms with Crippen LogP contribution in [-0.2, 0) is 9.63 Å². The molecule has 0 atom stereocenters. The molecule has 0 unspecified atom stereocenters. The maximum absolute atomic E-state index is 10.4. The minimum absolute atomic E-state index is 0. The molecule has 0 bridgehead atoms. The zero-order valence-corrected chi connectivity index (χ0v) is 8.63. The second kappa shape index (κ2) is 6.41. The Morgan fingerprint density at radius 1 is 1.82 bits per heavy atom. The molecule has 0 aliphatic carbocycles. The van der Waals surface area contributed by atoms with E-state index >= 15 is 0 Å². The minimum atomic E-state index is -0.627. The molecule has 0 radical (unpaired) electrons. The van der Waals surface area contributed by atoms with Gasteiger partial charge in [0, 0.05) is 7.05 Å². The average Bonchev–Trinajstić information content (AvgIpc) is 1.87. The number of nitrogens with zero attached hydrogens (tertiary/aromatic N) is 1. The van der Waals surface area contributed by atoms with Gasteiger partial charge < -0.3 is 16.9 Å². The van der Waals surface area contributed by atoms with E-state index in [0.29, 0.717) is 0 Å². The molecule has 0 aliphatic rings. The summed E-state index contributed by atoms with van der Waals surface area (Å²) in [6, 6.07) is 0. The number of rotatable bonds is 2. The maximum atomic E-state index is 10.4. The van der Waals surface area contributed by atoms with E-state index in [1.807, 2.05) is 0 Å². The molecule has 0 aliphatic heterocycles. The summed E-state index contributed by atoms with van der Waals surface area (Å²) in [5.74, 6) is 3.70. The van der Waals surface area contributed by atoms with Crippen molar-refractivity contribution in [2.45, 2.75) is 0 Å². The van der Waals surface area contributed by atoms with Crippen LogP contribution in [0, 0.1) is 5.41 Å². The van der Waals surface area contributed by atoms with Gasteiger partial charge in [0.2, 0.25) is 0 Å². The van der Waals surface area contributed by atoms with Crippen LogP contribution in [0.2, 0.25) is 0 Å². The zero-order chi connectivity index (χ0) is 8.15. The second-order valence-electron chi connectivity index (χ2n) is 1.73. The van der Waals surface area contributed by atoms with Crippen LogP contribution in [0.1, 0.15) is 1.43 Å². The van der Waals surface area contributed by atoms with E-state index in [0.717, 1.165) is 0 Å². The molecule has 0 heterocycles. The van der Waals surface area contributed by atoms with Crippen LogP contribution < -0.4 is 41.2 Å². The van der Waals surface area contributed by atoms with Crippen molar-refractivity contribution in [2.24, 2.45) is 11.6 Å². The van der Waals surface area contributed by atoms with E-state index in [1.165, 1.54) is 11.9 Å². The number of nitrogens with one attached hydrogen (secondary N) is 1. The quantitative estimate of drug-likeness (QED) is 0.167. The van der Waals surface area contributed by atoms with Gasteiger partial charge in [-0.25, -0.2) is 4.79 Å². The first-order chi connectivity index (χ1) is 4.57. The molecule has 0 saturated carbocycles. The zero-order valence-electron chi connectivity index (χ0n) is 7.63. The molecule has 6 nitrogen and oxygen atoms in total. The predicted octanol–water partition coefficient (Wildman–Crippen LogP) is -4.65. The maximum Gasteiger partial charge on any atom is 1.00 e. The van der Waals surface area contributed by atoms with Crippen molar-refractivity contribution in [1.29, 1.82) is 5.41 Å². The Kier molecular flexibility index (Phi) is 7.75. The average molecular weight is 170 g/mol. The predicted molar refractivity (Wildman–Crippen MR) is 35.9 cm³/mol. The van der Waals surface area contributed by atoms with Gasteiger partial charge >= 0.3 is 35.5 Å². The van der Waals surface area contributed by atoms with Gasteiger partial charge in [-0.2, -0.15) is 5.90 Å². The van der Waals surface area contributed by atoms with Gasteiger partial charge in [0.25, 0.3) is 0 Å². The van der Waals surface area contributed by atoms with Crippen LogP contribution in [0.25, 0.3) is 0 Å². The van der Waals surface area contributed by atoms with E-state index in [2.05, 4.69) is 10.7 Å². The molecule has 0 aromatic rings. The minimum Gasteiger partial charge on any atom is -1.00 e. The molecule has 0 aromatic heterocycles. The third kappa shape index (κ3) is 6.11. The van der Waals surface area contributed by atoms with Crippen molar-refractivity contribution in [3.05, 3.63) is 0 Å². The molecular weight excluding hydrogens is 159 g/mol. The van der Waals surface area contributed by atoms with Gasteiger partial charge in [-0.15, -0.1) is 0 Å². The molecule has 7 heteroatoms. The molecule has 0 saturated heterocycles. The van der Waals surface area contributed by atoms with E-state index in [1.54, 1.807) is 0 Å². The Hall–Kier alpha value is -0.300. The molecule has 0 aromatic carbocycles. The second-order valence-corrected chi connectivity index (χ2v) is 1.73. The standard InChI is InChI=1S/C4H10N4O2.Na.H/c1-8(4(5)6)2-3(9)10-7;;/h2,7H2,1H3,(H3,5,6);;/q;+1;-1. The summed E-state index contributed by atoms with van der Waals surface area (Å²) in [4.78, 5) is 15.4. The van der Waals surface area contributed by atoms with Gasteiger partial charge in [-0.3, -0.25) is 5.41 Å². The summed E-state index contributed by atoms with van der Waals surface area (Å²) >= 11 is 0. The van der Waals surface area contributed by atoms with Crippen LogP contribution in [-0.4, -0.2) is 30.4 Å². The normalized spacial score (nSPS) is 7.82. The summed E-state index contributed by atoms with van der Waals surface area (Å²) in [5, 5.41) is 6.82. The molecule has 60 valence electrons. The molecule has 0 rings (SSSR count). The van der Waals surface area contributed by atoms with Gasteiger partial charge in [0.1, 0.15) is 6.54 Å². The fourth-order valence-electron chi connectivity index (χ4n) is 0.316. The van der Waals surface area contributed by atoms with Gasteiger partial charge in [-0.05, 0) is 0 Å². The van der Waals surface area contributed by atoms with Crippen LogP contribution in [0.3, 0.4) is 0 Å². The van der Waals surface area contributed by atoms with Crippen LogP contribution in [0.15, 0.2) is 0 Å². The molecule has 5 N–H and O–H groups in total. The third-order valence-electron chi connectivity index (χ3n) is 0.909. The summed E-state index contributed by atoms with van der Waals surface area (Å²) < 4.78 is 0. The summed E-state index contributed by atoms with van der Waals surface area (Å²) in [7, 11) is 1.49.